The fraction of sp³-hybridized carbons (Fsp3) is 0.214. The third-order valence-electron chi connectivity index (χ3n) is 6.13. The van der Waals surface area contributed by atoms with Gasteiger partial charge in [0.1, 0.15) is 22.9 Å². The smallest absolute Gasteiger partial charge is 0.295 e. The zero-order valence-corrected chi connectivity index (χ0v) is 19.4. The number of rotatable bonds is 7. The van der Waals surface area contributed by atoms with Gasteiger partial charge in [0.15, 0.2) is 5.43 Å². The van der Waals surface area contributed by atoms with E-state index in [1.165, 1.54) is 17.0 Å². The van der Waals surface area contributed by atoms with E-state index in [0.717, 1.165) is 18.9 Å². The number of nitrogens with zero attached hydrogens (tertiary/aromatic N) is 1. The summed E-state index contributed by atoms with van der Waals surface area (Å²) in [4.78, 5) is 28.7. The summed E-state index contributed by atoms with van der Waals surface area (Å²) >= 11 is 0. The van der Waals surface area contributed by atoms with Gasteiger partial charge in [0, 0.05) is 11.8 Å². The molecule has 1 unspecified atom stereocenters. The molecule has 6 nitrogen and oxygen atoms in total. The van der Waals surface area contributed by atoms with Gasteiger partial charge in [0.05, 0.1) is 30.7 Å². The molecule has 0 saturated carbocycles. The second-order valence-corrected chi connectivity index (χ2v) is 8.36. The summed E-state index contributed by atoms with van der Waals surface area (Å²) in [6, 6.07) is 17.3. The molecular formula is C28H24FNO5. The van der Waals surface area contributed by atoms with Crippen LogP contribution in [0.1, 0.15) is 47.5 Å². The largest absolute Gasteiger partial charge is 0.497 e. The summed E-state index contributed by atoms with van der Waals surface area (Å²) in [5.41, 5.74) is 1.15. The van der Waals surface area contributed by atoms with Gasteiger partial charge in [0.2, 0.25) is 5.76 Å². The van der Waals surface area contributed by atoms with Crippen molar-refractivity contribution in [2.75, 3.05) is 18.6 Å². The molecule has 0 saturated heterocycles. The van der Waals surface area contributed by atoms with Crippen molar-refractivity contribution >= 4 is 22.6 Å². The van der Waals surface area contributed by atoms with Gasteiger partial charge >= 0.3 is 0 Å². The van der Waals surface area contributed by atoms with E-state index in [4.69, 9.17) is 13.9 Å². The topological polar surface area (TPSA) is 69.0 Å². The van der Waals surface area contributed by atoms with Crippen LogP contribution in [0.3, 0.4) is 0 Å². The van der Waals surface area contributed by atoms with Crippen LogP contribution in [0.5, 0.6) is 11.5 Å². The van der Waals surface area contributed by atoms with Crippen molar-refractivity contribution in [2.24, 2.45) is 0 Å². The third-order valence-corrected chi connectivity index (χ3v) is 6.13. The van der Waals surface area contributed by atoms with Crippen LogP contribution in [-0.2, 0) is 0 Å². The van der Waals surface area contributed by atoms with Crippen molar-refractivity contribution in [3.05, 3.63) is 99.7 Å². The molecule has 0 fully saturated rings. The Morgan fingerprint density at radius 2 is 1.80 bits per heavy atom. The Labute approximate surface area is 201 Å². The van der Waals surface area contributed by atoms with E-state index in [1.54, 1.807) is 31.4 Å². The normalized spacial score (nSPS) is 14.9. The number of methoxy groups -OCH3 is 1. The Kier molecular flexibility index (Phi) is 5.99. The number of hydrogen-bond acceptors (Lipinski definition) is 5. The Balaban J connectivity index is 1.68. The number of halogens is 1. The van der Waals surface area contributed by atoms with E-state index in [1.807, 2.05) is 24.3 Å². The van der Waals surface area contributed by atoms with Crippen LogP contribution in [0.25, 0.3) is 11.0 Å². The van der Waals surface area contributed by atoms with Gasteiger partial charge in [-0.3, -0.25) is 14.5 Å². The zero-order valence-electron chi connectivity index (χ0n) is 19.4. The first-order valence-electron chi connectivity index (χ1n) is 11.5. The number of carbonyl (C=O) groups excluding carboxylic acids is 1. The zero-order chi connectivity index (χ0) is 24.5. The molecule has 0 bridgehead atoms. The lowest BCUT2D eigenvalue weighted by molar-refractivity contribution is 0.0971. The molecule has 1 amide bonds. The summed E-state index contributed by atoms with van der Waals surface area (Å²) in [5, 5.41) is 0.0913. The van der Waals surface area contributed by atoms with E-state index in [-0.39, 0.29) is 22.3 Å². The molecule has 0 aliphatic carbocycles. The monoisotopic (exact) mass is 473 g/mol. The van der Waals surface area contributed by atoms with Crippen molar-refractivity contribution in [3.63, 3.8) is 0 Å². The summed E-state index contributed by atoms with van der Waals surface area (Å²) in [6.45, 7) is 2.70. The second-order valence-electron chi connectivity index (χ2n) is 8.36. The summed E-state index contributed by atoms with van der Waals surface area (Å²) in [7, 11) is 1.54. The average molecular weight is 474 g/mol. The van der Waals surface area contributed by atoms with Gasteiger partial charge in [-0.25, -0.2) is 4.39 Å². The lowest BCUT2D eigenvalue weighted by Gasteiger charge is -2.25. The highest BCUT2D eigenvalue weighted by Crippen LogP contribution is 2.42. The number of benzene rings is 3. The average Bonchev–Trinajstić information content (AvgIpc) is 3.17. The molecule has 0 N–H and O–H groups in total. The first kappa shape index (κ1) is 22.7. The van der Waals surface area contributed by atoms with Gasteiger partial charge in [-0.1, -0.05) is 31.5 Å². The summed E-state index contributed by atoms with van der Waals surface area (Å²) in [6.07, 6.45) is 1.97. The number of unbranched alkanes of at least 4 members (excludes halogenated alkanes) is 1. The first-order chi connectivity index (χ1) is 17.0. The standard InChI is InChI=1S/C28H24FNO5/c1-3-4-14-34-20-11-8-17(9-12-20)25-24-26(31)22-15-18(29)10-13-23(22)35-27(24)28(32)30(25)19-6-5-7-21(16-19)33-2/h5-13,15-16,25H,3-4,14H2,1-2H3. The van der Waals surface area contributed by atoms with Crippen molar-refractivity contribution in [3.8, 4) is 11.5 Å². The van der Waals surface area contributed by atoms with E-state index in [0.29, 0.717) is 29.4 Å². The molecule has 0 radical (unpaired) electrons. The molecule has 7 heteroatoms. The van der Waals surface area contributed by atoms with Gasteiger partial charge in [-0.05, 0) is 54.4 Å². The Morgan fingerprint density at radius 1 is 1.00 bits per heavy atom. The van der Waals surface area contributed by atoms with E-state index in [9.17, 15) is 14.0 Å². The van der Waals surface area contributed by atoms with Crippen LogP contribution < -0.4 is 19.8 Å². The summed E-state index contributed by atoms with van der Waals surface area (Å²) in [5.74, 6) is 0.211. The molecule has 1 aliphatic heterocycles. The second kappa shape index (κ2) is 9.25. The quantitative estimate of drug-likeness (QED) is 0.314. The number of fused-ring (bicyclic) bond motifs is 2. The molecule has 178 valence electrons. The number of ether oxygens (including phenoxy) is 2. The summed E-state index contributed by atoms with van der Waals surface area (Å²) < 4.78 is 31.0. The maximum absolute atomic E-state index is 14.0. The Hall–Kier alpha value is -4.13. The highest BCUT2D eigenvalue weighted by Gasteiger charge is 2.43. The minimum Gasteiger partial charge on any atom is -0.497 e. The minimum atomic E-state index is -0.766. The first-order valence-corrected chi connectivity index (χ1v) is 11.5. The lowest BCUT2D eigenvalue weighted by Crippen LogP contribution is -2.29. The molecule has 0 spiro atoms. The van der Waals surface area contributed by atoms with Crippen LogP contribution in [0, 0.1) is 5.82 Å². The van der Waals surface area contributed by atoms with Crippen molar-refractivity contribution in [1.82, 2.24) is 0 Å². The fourth-order valence-corrected chi connectivity index (χ4v) is 4.37. The van der Waals surface area contributed by atoms with Crippen molar-refractivity contribution < 1.29 is 23.1 Å². The highest BCUT2D eigenvalue weighted by atomic mass is 19.1. The van der Waals surface area contributed by atoms with Crippen LogP contribution in [0.15, 0.2) is 75.9 Å². The molecular weight excluding hydrogens is 449 g/mol. The van der Waals surface area contributed by atoms with E-state index in [2.05, 4.69) is 6.92 Å². The maximum Gasteiger partial charge on any atom is 0.295 e. The SMILES string of the molecule is CCCCOc1ccc(C2c3c(oc4ccc(F)cc4c3=O)C(=O)N2c2cccc(OC)c2)cc1. The van der Waals surface area contributed by atoms with E-state index < -0.39 is 23.2 Å². The number of anilines is 1. The maximum atomic E-state index is 14.0. The molecule has 35 heavy (non-hydrogen) atoms. The molecule has 2 heterocycles. The van der Waals surface area contributed by atoms with Crippen LogP contribution >= 0.6 is 0 Å². The molecule has 5 rings (SSSR count). The van der Waals surface area contributed by atoms with Gasteiger partial charge < -0.3 is 13.9 Å². The molecule has 3 aromatic carbocycles. The van der Waals surface area contributed by atoms with Crippen molar-refractivity contribution in [2.45, 2.75) is 25.8 Å². The predicted octanol–water partition coefficient (Wildman–Crippen LogP) is 5.87. The van der Waals surface area contributed by atoms with Crippen molar-refractivity contribution in [1.29, 1.82) is 0 Å². The predicted molar refractivity (Wildman–Crippen MR) is 131 cm³/mol. The minimum absolute atomic E-state index is 0.0507. The number of carbonyl (C=O) groups is 1. The highest BCUT2D eigenvalue weighted by molar-refractivity contribution is 6.10. The molecule has 4 aromatic rings. The number of amides is 1. The van der Waals surface area contributed by atoms with Gasteiger partial charge in [0.25, 0.3) is 5.91 Å². The van der Waals surface area contributed by atoms with Crippen LogP contribution in [-0.4, -0.2) is 19.6 Å². The fourth-order valence-electron chi connectivity index (χ4n) is 4.37. The molecule has 1 aliphatic rings. The number of hydrogen-bond donors (Lipinski definition) is 0. The van der Waals surface area contributed by atoms with Gasteiger partial charge in [-0.2, -0.15) is 0 Å². The van der Waals surface area contributed by atoms with Gasteiger partial charge in [-0.15, -0.1) is 0 Å². The van der Waals surface area contributed by atoms with Crippen LogP contribution in [0.2, 0.25) is 0 Å². The van der Waals surface area contributed by atoms with Crippen LogP contribution in [0.4, 0.5) is 10.1 Å². The lowest BCUT2D eigenvalue weighted by atomic mass is 9.98. The Morgan fingerprint density at radius 3 is 2.54 bits per heavy atom. The third kappa shape index (κ3) is 4.03. The Bertz CT molecular complexity index is 1460. The van der Waals surface area contributed by atoms with E-state index >= 15 is 0 Å². The molecule has 1 atom stereocenters. The molecule has 1 aromatic heterocycles.